The summed E-state index contributed by atoms with van der Waals surface area (Å²) in [6.45, 7) is 5.83. The number of aliphatic hydroxyl groups is 9. The van der Waals surface area contributed by atoms with E-state index in [1.54, 1.807) is 13.8 Å². The zero-order valence-electron chi connectivity index (χ0n) is 53.7. The van der Waals surface area contributed by atoms with Gasteiger partial charge in [0.1, 0.15) is 79.4 Å². The standard InChI is InChI=1S/C60H116O27S.ClH2/c1-6-7-8-9-10-11-12-13-14-15-16-17-18-19-20-21-26-73-35-44(65)36-75-31-33-77-38-46-54(49(67)56(79-28-23-62)52(83-46)42(2)3)86-60-58(81-30-25-64)51(69)55(48(85-60)40-78-34-32-76-37-45(66)41-88(70,71)72)87-59-57(80-29-24-63)50(68)53(82-43(4)5)47(84-59)39-74-27-22-61;/h42-69H,6-41H2,1-5H3,(H,70,71,72);1H2/q;+1/p-1. The Morgan fingerprint density at radius 2 is 0.798 bits per heavy atom. The van der Waals surface area contributed by atoms with Gasteiger partial charge in [-0.3, -0.25) is 0 Å². The molecule has 0 aromatic heterocycles. The lowest BCUT2D eigenvalue weighted by atomic mass is 9.89. The summed E-state index contributed by atoms with van der Waals surface area (Å²) in [5.74, 6) is -1.31. The highest BCUT2D eigenvalue weighted by atomic mass is 35.5. The lowest BCUT2D eigenvalue weighted by Gasteiger charge is -2.50. The average Bonchev–Trinajstić information content (AvgIpc) is 1.29. The number of rotatable bonds is 55. The first-order valence-electron chi connectivity index (χ1n) is 32.4. The first kappa shape index (κ1) is 84.3. The topological polar surface area (TPSA) is 378 Å². The third kappa shape index (κ3) is 34.7. The predicted octanol–water partition coefficient (Wildman–Crippen LogP) is 0.724. The quantitative estimate of drug-likeness (QED) is 0.0299. The van der Waals surface area contributed by atoms with Crippen LogP contribution in [0.1, 0.15) is 137 Å². The van der Waals surface area contributed by atoms with E-state index < -0.39 is 153 Å². The summed E-state index contributed by atoms with van der Waals surface area (Å²) >= 11 is 0. The minimum absolute atomic E-state index is 0. The summed E-state index contributed by atoms with van der Waals surface area (Å²) in [7, 11) is -4.75. The Kier molecular flexibility index (Phi) is 47.9. The number of hydrogen-bond acceptors (Lipinski definition) is 27. The highest BCUT2D eigenvalue weighted by Crippen LogP contribution is 2.37. The largest absolute Gasteiger partial charge is 0.748 e. The minimum atomic E-state index is -4.75. The molecule has 0 amide bonds. The van der Waals surface area contributed by atoms with Crippen molar-refractivity contribution in [3.63, 3.8) is 0 Å². The molecule has 3 heterocycles. The van der Waals surface area contributed by atoms with Crippen LogP contribution in [-0.4, -0.2) is 300 Å². The lowest BCUT2D eigenvalue weighted by Crippen LogP contribution is -2.68. The SMILES string of the molecule is CCCCCCCCCCCCCCCCCCOCC(O)COCCOCC1OC(C(C)C)C(OCCO)C(O)C1OC1OC(COCCOCC(O)CS(=O)(=O)[O-])C(OC2OC(COCCO)C(OC(C)C)C(O)C2OCCO)C(O)C1OCCO.[ClH2+]. The van der Waals surface area contributed by atoms with Crippen LogP contribution in [0.5, 0.6) is 0 Å². The molecule has 3 saturated heterocycles. The van der Waals surface area contributed by atoms with Crippen LogP contribution in [-0.2, 0) is 81.2 Å². The van der Waals surface area contributed by atoms with Crippen molar-refractivity contribution in [3.8, 4) is 0 Å². The van der Waals surface area contributed by atoms with Gasteiger partial charge in [0.05, 0.1) is 166 Å². The van der Waals surface area contributed by atoms with Crippen molar-refractivity contribution in [2.75, 3.05) is 131 Å². The van der Waals surface area contributed by atoms with Crippen molar-refractivity contribution < 1.29 is 142 Å². The summed E-state index contributed by atoms with van der Waals surface area (Å²) < 4.78 is 124. The third-order valence-corrected chi connectivity index (χ3v) is 15.9. The molecular weight excluding hydrogens is 1220 g/mol. The molecular formula is C60H117ClO27S. The number of aliphatic hydroxyl groups excluding tert-OH is 9. The Morgan fingerprint density at radius 3 is 1.22 bits per heavy atom. The van der Waals surface area contributed by atoms with Crippen LogP contribution in [0.3, 0.4) is 0 Å². The second-order valence-electron chi connectivity index (χ2n) is 23.5. The van der Waals surface area contributed by atoms with Crippen molar-refractivity contribution in [2.24, 2.45) is 5.92 Å². The van der Waals surface area contributed by atoms with E-state index in [9.17, 15) is 58.9 Å². The van der Waals surface area contributed by atoms with E-state index in [1.165, 1.54) is 89.9 Å². The molecule has 0 aromatic rings. The second kappa shape index (κ2) is 50.6. The molecule has 9 N–H and O–H groups in total. The van der Waals surface area contributed by atoms with Gasteiger partial charge in [-0.25, -0.2) is 8.42 Å². The molecule has 27 nitrogen and oxygen atoms in total. The molecule has 29 heteroatoms. The maximum Gasteiger partial charge on any atom is 0.187 e. The highest BCUT2D eigenvalue weighted by molar-refractivity contribution is 7.85. The predicted molar refractivity (Wildman–Crippen MR) is 320 cm³/mol. The molecule has 0 bridgehead atoms. The van der Waals surface area contributed by atoms with Crippen LogP contribution in [0.4, 0.5) is 0 Å². The van der Waals surface area contributed by atoms with E-state index >= 15 is 0 Å². The molecule has 0 spiro atoms. The van der Waals surface area contributed by atoms with Crippen LogP contribution in [0.25, 0.3) is 0 Å². The van der Waals surface area contributed by atoms with Crippen LogP contribution >= 0.6 is 0 Å². The van der Waals surface area contributed by atoms with Crippen molar-refractivity contribution in [2.45, 2.75) is 248 Å². The first-order chi connectivity index (χ1) is 42.4. The zero-order chi connectivity index (χ0) is 64.5. The molecule has 89 heavy (non-hydrogen) atoms. The molecule has 3 aliphatic rings. The third-order valence-electron chi connectivity index (χ3n) is 15.1. The van der Waals surface area contributed by atoms with Gasteiger partial charge in [0.2, 0.25) is 0 Å². The van der Waals surface area contributed by atoms with Gasteiger partial charge in [-0.15, -0.1) is 0 Å². The Balaban J connectivity index is 0.0000270. The molecule has 3 aliphatic heterocycles. The number of halogens is 1. The smallest absolute Gasteiger partial charge is 0.187 e. The van der Waals surface area contributed by atoms with Crippen molar-refractivity contribution >= 4 is 10.1 Å². The second-order valence-corrected chi connectivity index (χ2v) is 24.9. The summed E-state index contributed by atoms with van der Waals surface area (Å²) in [4.78, 5) is 0. The Morgan fingerprint density at radius 1 is 0.438 bits per heavy atom. The van der Waals surface area contributed by atoms with E-state index in [1.807, 2.05) is 13.8 Å². The van der Waals surface area contributed by atoms with Gasteiger partial charge in [-0.2, -0.15) is 0 Å². The van der Waals surface area contributed by atoms with Gasteiger partial charge in [-0.05, 0) is 26.2 Å². The van der Waals surface area contributed by atoms with Gasteiger partial charge < -0.3 is 122 Å². The van der Waals surface area contributed by atoms with Crippen molar-refractivity contribution in [1.29, 1.82) is 0 Å². The minimum Gasteiger partial charge on any atom is -0.748 e. The molecule has 0 aromatic carbocycles. The molecule has 532 valence electrons. The van der Waals surface area contributed by atoms with Crippen LogP contribution < -0.4 is 0 Å². The Bertz CT molecular complexity index is 1770. The number of unbranched alkanes of at least 4 members (excludes halogenated alkanes) is 15. The van der Waals surface area contributed by atoms with Gasteiger partial charge >= 0.3 is 0 Å². The van der Waals surface area contributed by atoms with E-state index in [0.717, 1.165) is 12.8 Å². The fourth-order valence-corrected chi connectivity index (χ4v) is 11.4. The lowest BCUT2D eigenvalue weighted by molar-refractivity contribution is -0.383. The summed E-state index contributed by atoms with van der Waals surface area (Å²) in [5, 5.41) is 96.2. The number of hydrogen-bond donors (Lipinski definition) is 9. The summed E-state index contributed by atoms with van der Waals surface area (Å²) in [6, 6.07) is 0. The van der Waals surface area contributed by atoms with E-state index in [-0.39, 0.29) is 111 Å². The summed E-state index contributed by atoms with van der Waals surface area (Å²) in [5.41, 5.74) is 0. The molecule has 0 aliphatic carbocycles. The van der Waals surface area contributed by atoms with Crippen LogP contribution in [0, 0.1) is 18.3 Å². The molecule has 3 fully saturated rings. The summed E-state index contributed by atoms with van der Waals surface area (Å²) in [6.07, 6.45) is -2.55. The molecule has 17 atom stereocenters. The highest BCUT2D eigenvalue weighted by Gasteiger charge is 2.56. The monoisotopic (exact) mass is 1340 g/mol. The van der Waals surface area contributed by atoms with E-state index in [2.05, 4.69) is 6.92 Å². The fourth-order valence-electron chi connectivity index (χ4n) is 10.8. The maximum atomic E-state index is 12.5. The Labute approximate surface area is 535 Å². The van der Waals surface area contributed by atoms with Gasteiger partial charge in [0.25, 0.3) is 0 Å². The molecule has 3 rings (SSSR count). The zero-order valence-corrected chi connectivity index (χ0v) is 55.4. The average molecular weight is 1340 g/mol. The van der Waals surface area contributed by atoms with E-state index in [4.69, 9.17) is 71.1 Å². The van der Waals surface area contributed by atoms with E-state index in [0.29, 0.717) is 6.61 Å². The van der Waals surface area contributed by atoms with Gasteiger partial charge in [-0.1, -0.05) is 117 Å². The number of ether oxygens (including phenoxy) is 15. The van der Waals surface area contributed by atoms with Crippen LogP contribution in [0.15, 0.2) is 0 Å². The fraction of sp³-hybridized carbons (Fsp3) is 1.00. The normalized spacial score (nSPS) is 28.4. The van der Waals surface area contributed by atoms with Gasteiger partial charge in [0.15, 0.2) is 12.6 Å². The van der Waals surface area contributed by atoms with Crippen LogP contribution in [0.2, 0.25) is 0 Å². The molecule has 0 radical (unpaired) electrons. The maximum absolute atomic E-state index is 12.5. The Hall–Kier alpha value is -0.760. The molecule has 17 unspecified atom stereocenters. The first-order valence-corrected chi connectivity index (χ1v) is 34.0. The van der Waals surface area contributed by atoms with Crippen molar-refractivity contribution in [1.82, 2.24) is 0 Å². The molecule has 0 saturated carbocycles. The van der Waals surface area contributed by atoms with Gasteiger partial charge in [0, 0.05) is 6.61 Å². The van der Waals surface area contributed by atoms with Crippen molar-refractivity contribution in [3.05, 3.63) is 0 Å².